The first-order chi connectivity index (χ1) is 10.1. The van der Waals surface area contributed by atoms with Crippen molar-refractivity contribution < 1.29 is 13.2 Å². The fourth-order valence-corrected chi connectivity index (χ4v) is 2.81. The molecule has 0 saturated carbocycles. The number of allylic oxidation sites excluding steroid dienone is 1. The van der Waals surface area contributed by atoms with Gasteiger partial charge in [-0.2, -0.15) is 8.42 Å². The average Bonchev–Trinajstić information content (AvgIpc) is 2.43. The van der Waals surface area contributed by atoms with Gasteiger partial charge in [0.1, 0.15) is 11.2 Å². The maximum absolute atomic E-state index is 12.2. The molecule has 0 atom stereocenters. The van der Waals surface area contributed by atoms with Crippen LogP contribution in [0.25, 0.3) is 0 Å². The zero-order chi connectivity index (χ0) is 16.9. The molecule has 0 aliphatic heterocycles. The maximum Gasteiger partial charge on any atom is 0.285 e. The van der Waals surface area contributed by atoms with E-state index in [4.69, 9.17) is 11.6 Å². The first-order valence-electron chi connectivity index (χ1n) is 6.29. The number of carbonyl (C=O) groups excluding carboxylic acids is 1. The van der Waals surface area contributed by atoms with Crippen molar-refractivity contribution in [2.75, 3.05) is 28.2 Å². The third-order valence-electron chi connectivity index (χ3n) is 2.43. The van der Waals surface area contributed by atoms with Crippen molar-refractivity contribution in [2.45, 2.75) is 4.90 Å². The van der Waals surface area contributed by atoms with E-state index in [-0.39, 0.29) is 21.3 Å². The molecular weight excluding hydrogens is 326 g/mol. The molecule has 0 amide bonds. The number of benzene rings is 1. The van der Waals surface area contributed by atoms with Crippen molar-refractivity contribution in [1.82, 2.24) is 9.80 Å². The lowest BCUT2D eigenvalue weighted by Gasteiger charge is -2.07. The number of hydrogen-bond donors (Lipinski definition) is 0. The minimum absolute atomic E-state index is 0.0176. The molecule has 0 aromatic heterocycles. The van der Waals surface area contributed by atoms with E-state index in [0.717, 1.165) is 6.34 Å². The highest BCUT2D eigenvalue weighted by atomic mass is 35.5. The molecule has 0 N–H and O–H groups in total. The van der Waals surface area contributed by atoms with Crippen LogP contribution in [0.2, 0.25) is 5.02 Å². The summed E-state index contributed by atoms with van der Waals surface area (Å²) in [4.78, 5) is 15.0. The molecule has 0 radical (unpaired) electrons. The van der Waals surface area contributed by atoms with Gasteiger partial charge in [-0.05, 0) is 18.2 Å². The van der Waals surface area contributed by atoms with Gasteiger partial charge in [-0.15, -0.1) is 4.40 Å². The van der Waals surface area contributed by atoms with Gasteiger partial charge in [0.25, 0.3) is 10.0 Å². The number of rotatable bonds is 6. The monoisotopic (exact) mass is 343 g/mol. The van der Waals surface area contributed by atoms with Crippen LogP contribution in [0.4, 0.5) is 0 Å². The maximum atomic E-state index is 12.2. The molecule has 1 aromatic rings. The molecule has 0 saturated heterocycles. The molecule has 0 unspecified atom stereocenters. The molecular formula is C14H18ClN3O3S. The van der Waals surface area contributed by atoms with Crippen LogP contribution in [0.1, 0.15) is 10.4 Å². The summed E-state index contributed by atoms with van der Waals surface area (Å²) in [6.07, 6.45) is 4.09. The summed E-state index contributed by atoms with van der Waals surface area (Å²) in [5.74, 6) is -0.321. The van der Waals surface area contributed by atoms with E-state index >= 15 is 0 Å². The van der Waals surface area contributed by atoms with Crippen molar-refractivity contribution in [2.24, 2.45) is 4.40 Å². The van der Waals surface area contributed by atoms with Gasteiger partial charge < -0.3 is 9.80 Å². The molecule has 1 rings (SSSR count). The van der Waals surface area contributed by atoms with Crippen molar-refractivity contribution in [3.05, 3.63) is 41.1 Å². The summed E-state index contributed by atoms with van der Waals surface area (Å²) in [6, 6.07) is 4.07. The SMILES string of the molecule is CN(C)C=CC(=O)c1ccc(Cl)c(S(=O)(=O)N=CN(C)C)c1. The van der Waals surface area contributed by atoms with E-state index in [9.17, 15) is 13.2 Å². The summed E-state index contributed by atoms with van der Waals surface area (Å²) in [6.45, 7) is 0. The number of nitrogens with zero attached hydrogens (tertiary/aromatic N) is 3. The Kier molecular flexibility index (Phi) is 6.13. The van der Waals surface area contributed by atoms with E-state index in [1.807, 2.05) is 0 Å². The molecule has 0 aliphatic rings. The van der Waals surface area contributed by atoms with Crippen molar-refractivity contribution >= 4 is 33.7 Å². The third-order valence-corrected chi connectivity index (χ3v) is 4.14. The Bertz CT molecular complexity index is 710. The zero-order valence-corrected chi connectivity index (χ0v) is 14.4. The highest BCUT2D eigenvalue weighted by molar-refractivity contribution is 7.90. The second-order valence-corrected chi connectivity index (χ2v) is 6.96. The normalized spacial score (nSPS) is 12.0. The van der Waals surface area contributed by atoms with Crippen molar-refractivity contribution in [3.8, 4) is 0 Å². The highest BCUT2D eigenvalue weighted by Crippen LogP contribution is 2.24. The van der Waals surface area contributed by atoms with Crippen LogP contribution in [0.5, 0.6) is 0 Å². The molecule has 1 aromatic carbocycles. The van der Waals surface area contributed by atoms with E-state index in [1.165, 1.54) is 29.2 Å². The van der Waals surface area contributed by atoms with Crippen LogP contribution in [-0.2, 0) is 10.0 Å². The summed E-state index contributed by atoms with van der Waals surface area (Å²) < 4.78 is 27.8. The average molecular weight is 344 g/mol. The molecule has 22 heavy (non-hydrogen) atoms. The zero-order valence-electron chi connectivity index (χ0n) is 12.8. The topological polar surface area (TPSA) is 70.0 Å². The van der Waals surface area contributed by atoms with E-state index in [2.05, 4.69) is 4.40 Å². The summed E-state index contributed by atoms with van der Waals surface area (Å²) in [5, 5.41) is 0.0176. The van der Waals surface area contributed by atoms with Crippen LogP contribution in [-0.4, -0.2) is 58.5 Å². The van der Waals surface area contributed by atoms with Gasteiger partial charge in [-0.3, -0.25) is 4.79 Å². The van der Waals surface area contributed by atoms with Gasteiger partial charge in [0.15, 0.2) is 5.78 Å². The van der Waals surface area contributed by atoms with Crippen LogP contribution >= 0.6 is 11.6 Å². The van der Waals surface area contributed by atoms with Crippen LogP contribution in [0.15, 0.2) is 39.8 Å². The minimum Gasteiger partial charge on any atom is -0.383 e. The lowest BCUT2D eigenvalue weighted by atomic mass is 10.1. The number of halogens is 1. The lowest BCUT2D eigenvalue weighted by Crippen LogP contribution is -2.10. The predicted octanol–water partition coefficient (Wildman–Crippen LogP) is 1.88. The largest absolute Gasteiger partial charge is 0.383 e. The number of ketones is 1. The summed E-state index contributed by atoms with van der Waals surface area (Å²) in [5.41, 5.74) is 0.223. The van der Waals surface area contributed by atoms with Gasteiger partial charge in [-0.25, -0.2) is 0 Å². The summed E-state index contributed by atoms with van der Waals surface area (Å²) >= 11 is 5.92. The Labute approximate surface area is 135 Å². The quantitative estimate of drug-likeness (QED) is 0.341. The predicted molar refractivity (Wildman–Crippen MR) is 88.0 cm³/mol. The fourth-order valence-electron chi connectivity index (χ4n) is 1.38. The third kappa shape index (κ3) is 5.16. The van der Waals surface area contributed by atoms with Gasteiger partial charge >= 0.3 is 0 Å². The molecule has 8 heteroatoms. The molecule has 0 bridgehead atoms. The second-order valence-electron chi connectivity index (χ2n) is 4.95. The first-order valence-corrected chi connectivity index (χ1v) is 8.10. The Morgan fingerprint density at radius 3 is 2.36 bits per heavy atom. The van der Waals surface area contributed by atoms with Gasteiger partial charge in [-0.1, -0.05) is 11.6 Å². The molecule has 0 fully saturated rings. The van der Waals surface area contributed by atoms with Gasteiger partial charge in [0, 0.05) is 46.0 Å². The number of carbonyl (C=O) groups is 1. The number of sulfonamides is 1. The molecule has 0 spiro atoms. The molecule has 0 aliphatic carbocycles. The number of hydrogen-bond acceptors (Lipinski definition) is 4. The Morgan fingerprint density at radius 1 is 1.18 bits per heavy atom. The molecule has 6 nitrogen and oxygen atoms in total. The van der Waals surface area contributed by atoms with E-state index in [1.54, 1.807) is 39.3 Å². The van der Waals surface area contributed by atoms with Crippen LogP contribution in [0, 0.1) is 0 Å². The smallest absolute Gasteiger partial charge is 0.285 e. The lowest BCUT2D eigenvalue weighted by molar-refractivity contribution is 0.104. The standard InChI is InChI=1S/C14H18ClN3O3S/c1-17(2)8-7-13(19)11-5-6-12(15)14(9-11)22(20,21)16-10-18(3)4/h5-10H,1-4H3. The summed E-state index contributed by atoms with van der Waals surface area (Å²) in [7, 11) is 2.88. The van der Waals surface area contributed by atoms with Crippen LogP contribution < -0.4 is 0 Å². The highest BCUT2D eigenvalue weighted by Gasteiger charge is 2.18. The Balaban J connectivity index is 3.23. The first kappa shape index (κ1) is 18.2. The Hall–Kier alpha value is -1.86. The molecule has 0 heterocycles. The van der Waals surface area contributed by atoms with Gasteiger partial charge in [0.05, 0.1) is 5.02 Å². The minimum atomic E-state index is -3.96. The Morgan fingerprint density at radius 2 is 1.82 bits per heavy atom. The van der Waals surface area contributed by atoms with Crippen LogP contribution in [0.3, 0.4) is 0 Å². The van der Waals surface area contributed by atoms with Crippen molar-refractivity contribution in [3.63, 3.8) is 0 Å². The second kappa shape index (κ2) is 7.42. The van der Waals surface area contributed by atoms with E-state index in [0.29, 0.717) is 0 Å². The van der Waals surface area contributed by atoms with Crippen molar-refractivity contribution in [1.29, 1.82) is 0 Å². The van der Waals surface area contributed by atoms with E-state index < -0.39 is 10.0 Å². The van der Waals surface area contributed by atoms with Gasteiger partial charge in [0.2, 0.25) is 0 Å². The fraction of sp³-hybridized carbons (Fsp3) is 0.286. The molecule has 120 valence electrons.